The van der Waals surface area contributed by atoms with E-state index in [9.17, 15) is 13.2 Å². The molecule has 0 fully saturated rings. The molecule has 0 aliphatic rings. The number of aryl methyl sites for hydroxylation is 1. The average molecular weight is 280 g/mol. The first-order valence-electron chi connectivity index (χ1n) is 5.39. The highest BCUT2D eigenvalue weighted by atomic mass is 32.2. The largest absolute Gasteiger partial charge is 0.479 e. The van der Waals surface area contributed by atoms with E-state index in [-0.39, 0.29) is 15.7 Å². The van der Waals surface area contributed by atoms with Crippen molar-refractivity contribution in [2.45, 2.75) is 9.79 Å². The Morgan fingerprint density at radius 1 is 1.21 bits per heavy atom. The Kier molecular flexibility index (Phi) is 3.39. The lowest BCUT2D eigenvalue weighted by Crippen LogP contribution is -2.22. The molecule has 19 heavy (non-hydrogen) atoms. The molecule has 6 nitrogen and oxygen atoms in total. The van der Waals surface area contributed by atoms with Crippen molar-refractivity contribution in [1.82, 2.24) is 9.78 Å². The summed E-state index contributed by atoms with van der Waals surface area (Å²) in [7, 11) is -1.10. The van der Waals surface area contributed by atoms with Gasteiger partial charge in [-0.3, -0.25) is 4.79 Å². The zero-order chi connectivity index (χ0) is 14.0. The Labute approximate surface area is 110 Å². The molecule has 0 saturated carbocycles. The van der Waals surface area contributed by atoms with Crippen LogP contribution in [0, 0.1) is 0 Å². The molecule has 0 aliphatic heterocycles. The van der Waals surface area contributed by atoms with Crippen molar-refractivity contribution >= 4 is 9.84 Å². The number of rotatable bonds is 3. The van der Waals surface area contributed by atoms with Crippen molar-refractivity contribution in [3.8, 4) is 5.88 Å². The van der Waals surface area contributed by atoms with Crippen LogP contribution in [0.15, 0.2) is 51.0 Å². The summed E-state index contributed by atoms with van der Waals surface area (Å²) in [5.41, 5.74) is -0.518. The minimum absolute atomic E-state index is 0.0864. The van der Waals surface area contributed by atoms with Gasteiger partial charge in [-0.15, -0.1) is 5.10 Å². The molecule has 7 heteroatoms. The van der Waals surface area contributed by atoms with E-state index in [0.717, 1.165) is 10.7 Å². The van der Waals surface area contributed by atoms with Gasteiger partial charge in [0.25, 0.3) is 11.4 Å². The van der Waals surface area contributed by atoms with E-state index >= 15 is 0 Å². The average Bonchev–Trinajstić information content (AvgIpc) is 2.42. The molecular weight excluding hydrogens is 268 g/mol. The van der Waals surface area contributed by atoms with Crippen molar-refractivity contribution in [3.05, 3.63) is 46.8 Å². The Hall–Kier alpha value is -2.15. The SMILES string of the molecule is COc1nn(C)c(=O)cc1S(=O)(=O)c1ccccc1. The van der Waals surface area contributed by atoms with E-state index in [1.54, 1.807) is 18.2 Å². The molecule has 0 spiro atoms. The lowest BCUT2D eigenvalue weighted by molar-refractivity contribution is 0.368. The summed E-state index contributed by atoms with van der Waals surface area (Å²) in [6, 6.07) is 8.83. The van der Waals surface area contributed by atoms with Crippen LogP contribution in [0.25, 0.3) is 0 Å². The molecule has 1 aromatic carbocycles. The fraction of sp³-hybridized carbons (Fsp3) is 0.167. The summed E-state index contributed by atoms with van der Waals surface area (Å²) in [4.78, 5) is 11.4. The Balaban J connectivity index is 2.72. The van der Waals surface area contributed by atoms with Crippen LogP contribution in [0.3, 0.4) is 0 Å². The molecule has 1 heterocycles. The zero-order valence-corrected chi connectivity index (χ0v) is 11.2. The number of benzene rings is 1. The number of hydrogen-bond donors (Lipinski definition) is 0. The second-order valence-corrected chi connectivity index (χ2v) is 5.71. The van der Waals surface area contributed by atoms with Crippen molar-refractivity contribution in [2.24, 2.45) is 7.05 Å². The van der Waals surface area contributed by atoms with E-state index < -0.39 is 15.4 Å². The molecule has 0 atom stereocenters. The summed E-state index contributed by atoms with van der Waals surface area (Å²) in [6.45, 7) is 0. The third-order valence-electron chi connectivity index (χ3n) is 2.56. The Morgan fingerprint density at radius 3 is 2.42 bits per heavy atom. The fourth-order valence-electron chi connectivity index (χ4n) is 1.56. The molecule has 2 aromatic rings. The van der Waals surface area contributed by atoms with Gasteiger partial charge >= 0.3 is 0 Å². The number of sulfone groups is 1. The van der Waals surface area contributed by atoms with Crippen molar-refractivity contribution < 1.29 is 13.2 Å². The second kappa shape index (κ2) is 4.85. The molecular formula is C12H12N2O4S. The van der Waals surface area contributed by atoms with Crippen molar-refractivity contribution in [1.29, 1.82) is 0 Å². The maximum Gasteiger partial charge on any atom is 0.268 e. The first kappa shape index (κ1) is 13.3. The topological polar surface area (TPSA) is 78.3 Å². The van der Waals surface area contributed by atoms with Crippen LogP contribution in [0.1, 0.15) is 0 Å². The number of nitrogens with zero attached hydrogens (tertiary/aromatic N) is 2. The summed E-state index contributed by atoms with van der Waals surface area (Å²) in [6.07, 6.45) is 0. The quantitative estimate of drug-likeness (QED) is 0.823. The van der Waals surface area contributed by atoms with Crippen LogP contribution in [-0.2, 0) is 16.9 Å². The summed E-state index contributed by atoms with van der Waals surface area (Å²) >= 11 is 0. The molecule has 1 aromatic heterocycles. The lowest BCUT2D eigenvalue weighted by Gasteiger charge is -2.09. The van der Waals surface area contributed by atoms with E-state index in [4.69, 9.17) is 4.74 Å². The van der Waals surface area contributed by atoms with Crippen molar-refractivity contribution in [2.75, 3.05) is 7.11 Å². The van der Waals surface area contributed by atoms with Crippen LogP contribution < -0.4 is 10.3 Å². The number of ether oxygens (including phenoxy) is 1. The first-order chi connectivity index (χ1) is 8.96. The number of aromatic nitrogens is 2. The molecule has 0 N–H and O–H groups in total. The van der Waals surface area contributed by atoms with E-state index in [0.29, 0.717) is 0 Å². The summed E-state index contributed by atoms with van der Waals surface area (Å²) < 4.78 is 30.8. The molecule has 100 valence electrons. The van der Waals surface area contributed by atoms with Crippen LogP contribution in [0.4, 0.5) is 0 Å². The van der Waals surface area contributed by atoms with Crippen molar-refractivity contribution in [3.63, 3.8) is 0 Å². The molecule has 0 saturated heterocycles. The fourth-order valence-corrected chi connectivity index (χ4v) is 2.94. The van der Waals surface area contributed by atoms with Crippen LogP contribution in [0.5, 0.6) is 5.88 Å². The molecule has 2 rings (SSSR count). The minimum atomic E-state index is -3.82. The minimum Gasteiger partial charge on any atom is -0.479 e. The summed E-state index contributed by atoms with van der Waals surface area (Å²) in [5.74, 6) is -0.106. The Bertz CT molecular complexity index is 751. The van der Waals surface area contributed by atoms with Gasteiger partial charge in [0, 0.05) is 13.1 Å². The standard InChI is InChI=1S/C12H12N2O4S/c1-14-11(15)8-10(12(13-14)18-2)19(16,17)9-6-4-3-5-7-9/h3-8H,1-2H3. The smallest absolute Gasteiger partial charge is 0.268 e. The maximum atomic E-state index is 12.4. The van der Waals surface area contributed by atoms with E-state index in [1.807, 2.05) is 0 Å². The maximum absolute atomic E-state index is 12.4. The van der Waals surface area contributed by atoms with Gasteiger partial charge in [-0.2, -0.15) is 0 Å². The van der Waals surface area contributed by atoms with Crippen LogP contribution >= 0.6 is 0 Å². The molecule has 0 amide bonds. The van der Waals surface area contributed by atoms with Gasteiger partial charge in [-0.05, 0) is 12.1 Å². The monoisotopic (exact) mass is 280 g/mol. The normalized spacial score (nSPS) is 11.3. The van der Waals surface area contributed by atoms with Crippen LogP contribution in [-0.4, -0.2) is 25.3 Å². The summed E-state index contributed by atoms with van der Waals surface area (Å²) in [5, 5.41) is 3.79. The highest BCUT2D eigenvalue weighted by Crippen LogP contribution is 2.25. The molecule has 0 unspecified atom stereocenters. The molecule has 0 bridgehead atoms. The molecule has 0 aliphatic carbocycles. The second-order valence-electron chi connectivity index (χ2n) is 3.80. The Morgan fingerprint density at radius 2 is 1.84 bits per heavy atom. The third kappa shape index (κ3) is 2.37. The predicted molar refractivity (Wildman–Crippen MR) is 67.9 cm³/mol. The zero-order valence-electron chi connectivity index (χ0n) is 10.4. The van der Waals surface area contributed by atoms with Gasteiger partial charge in [0.2, 0.25) is 9.84 Å². The van der Waals surface area contributed by atoms with E-state index in [1.165, 1.54) is 26.3 Å². The van der Waals surface area contributed by atoms with Gasteiger partial charge in [-0.1, -0.05) is 18.2 Å². The highest BCUT2D eigenvalue weighted by molar-refractivity contribution is 7.91. The highest BCUT2D eigenvalue weighted by Gasteiger charge is 2.24. The lowest BCUT2D eigenvalue weighted by atomic mass is 10.4. The third-order valence-corrected chi connectivity index (χ3v) is 4.33. The molecule has 0 radical (unpaired) electrons. The van der Waals surface area contributed by atoms with Crippen LogP contribution in [0.2, 0.25) is 0 Å². The van der Waals surface area contributed by atoms with Gasteiger partial charge in [0.15, 0.2) is 0 Å². The van der Waals surface area contributed by atoms with Gasteiger partial charge in [-0.25, -0.2) is 13.1 Å². The van der Waals surface area contributed by atoms with Gasteiger partial charge in [0.05, 0.1) is 12.0 Å². The number of methoxy groups -OCH3 is 1. The predicted octanol–water partition coefficient (Wildman–Crippen LogP) is 0.622. The van der Waals surface area contributed by atoms with Gasteiger partial charge < -0.3 is 4.74 Å². The first-order valence-corrected chi connectivity index (χ1v) is 6.87. The van der Waals surface area contributed by atoms with Gasteiger partial charge in [0.1, 0.15) is 4.90 Å². The van der Waals surface area contributed by atoms with E-state index in [2.05, 4.69) is 5.10 Å². The number of hydrogen-bond acceptors (Lipinski definition) is 5.